The second-order valence-corrected chi connectivity index (χ2v) is 2.38. The molecule has 0 radical (unpaired) electrons. The molecule has 1 rings (SSSR count). The molecule has 11 heavy (non-hydrogen) atoms. The van der Waals surface area contributed by atoms with E-state index in [1.165, 1.54) is 0 Å². The van der Waals surface area contributed by atoms with Gasteiger partial charge in [-0.15, -0.1) is 12.4 Å². The molecule has 4 heteroatoms. The molecule has 62 valence electrons. The molecule has 0 heterocycles. The molecule has 0 aliphatic heterocycles. The van der Waals surface area contributed by atoms with Gasteiger partial charge in [-0.05, 0) is 11.6 Å². The van der Waals surface area contributed by atoms with Gasteiger partial charge < -0.3 is 0 Å². The maximum atomic E-state index is 5.81. The lowest BCUT2D eigenvalue weighted by Gasteiger charge is -2.00. The minimum Gasteiger partial charge on any atom is -0.271 e. The van der Waals surface area contributed by atoms with Crippen molar-refractivity contribution in [1.29, 1.82) is 0 Å². The van der Waals surface area contributed by atoms with Crippen LogP contribution in [0.15, 0.2) is 24.3 Å². The Hall–Kier alpha value is -0.280. The van der Waals surface area contributed by atoms with Crippen LogP contribution in [0.5, 0.6) is 0 Å². The van der Waals surface area contributed by atoms with E-state index in [1.807, 2.05) is 24.3 Å². The van der Waals surface area contributed by atoms with Crippen molar-refractivity contribution in [2.45, 2.75) is 6.54 Å². The maximum absolute atomic E-state index is 5.81. The fraction of sp³-hybridized carbons (Fsp3) is 0.143. The molecule has 0 saturated carbocycles. The average Bonchev–Trinajstić information content (AvgIpc) is 1.94. The highest BCUT2D eigenvalue weighted by Crippen LogP contribution is 2.13. The Bertz CT molecular complexity index is 215. The zero-order chi connectivity index (χ0) is 7.40. The minimum absolute atomic E-state index is 0. The molecule has 0 spiro atoms. The van der Waals surface area contributed by atoms with E-state index in [2.05, 4.69) is 5.43 Å². The Kier molecular flexibility index (Phi) is 5.24. The summed E-state index contributed by atoms with van der Waals surface area (Å²) in [5.41, 5.74) is 3.56. The molecule has 0 aliphatic rings. The van der Waals surface area contributed by atoms with Crippen LogP contribution in [0.2, 0.25) is 5.02 Å². The van der Waals surface area contributed by atoms with Crippen LogP contribution in [-0.2, 0) is 6.54 Å². The summed E-state index contributed by atoms with van der Waals surface area (Å²) in [5.74, 6) is 5.12. The van der Waals surface area contributed by atoms with Crippen LogP contribution < -0.4 is 11.3 Å². The molecule has 0 unspecified atom stereocenters. The van der Waals surface area contributed by atoms with E-state index >= 15 is 0 Å². The first-order valence-electron chi connectivity index (χ1n) is 3.01. The summed E-state index contributed by atoms with van der Waals surface area (Å²) in [6.07, 6.45) is 0. The highest BCUT2D eigenvalue weighted by Gasteiger charge is 1.94. The van der Waals surface area contributed by atoms with Gasteiger partial charge in [0, 0.05) is 11.6 Å². The Morgan fingerprint density at radius 2 is 2.00 bits per heavy atom. The molecule has 0 amide bonds. The van der Waals surface area contributed by atoms with Gasteiger partial charge in [-0.2, -0.15) is 0 Å². The molecule has 0 fully saturated rings. The molecule has 0 atom stereocenters. The van der Waals surface area contributed by atoms with Crippen molar-refractivity contribution in [3.63, 3.8) is 0 Å². The summed E-state index contributed by atoms with van der Waals surface area (Å²) in [4.78, 5) is 0. The zero-order valence-electron chi connectivity index (χ0n) is 5.88. The van der Waals surface area contributed by atoms with Crippen molar-refractivity contribution in [2.75, 3.05) is 0 Å². The summed E-state index contributed by atoms with van der Waals surface area (Å²) >= 11 is 5.81. The van der Waals surface area contributed by atoms with Crippen LogP contribution in [0.1, 0.15) is 5.56 Å². The summed E-state index contributed by atoms with van der Waals surface area (Å²) in [7, 11) is 0. The lowest BCUT2D eigenvalue weighted by molar-refractivity contribution is 0.741. The lowest BCUT2D eigenvalue weighted by Crippen LogP contribution is -2.20. The van der Waals surface area contributed by atoms with Gasteiger partial charge in [-0.1, -0.05) is 29.8 Å². The van der Waals surface area contributed by atoms with E-state index in [-0.39, 0.29) is 12.4 Å². The first kappa shape index (κ1) is 10.7. The van der Waals surface area contributed by atoms with Gasteiger partial charge in [0.2, 0.25) is 0 Å². The van der Waals surface area contributed by atoms with Gasteiger partial charge in [-0.3, -0.25) is 11.3 Å². The van der Waals surface area contributed by atoms with E-state index in [0.29, 0.717) is 6.54 Å². The highest BCUT2D eigenvalue weighted by molar-refractivity contribution is 6.31. The predicted octanol–water partition coefficient (Wildman–Crippen LogP) is 1.73. The molecular formula is C7H10Cl2N2. The van der Waals surface area contributed by atoms with Gasteiger partial charge in [0.1, 0.15) is 0 Å². The van der Waals surface area contributed by atoms with Crippen LogP contribution >= 0.6 is 24.0 Å². The van der Waals surface area contributed by atoms with Crippen molar-refractivity contribution in [1.82, 2.24) is 5.43 Å². The van der Waals surface area contributed by atoms with Crippen molar-refractivity contribution >= 4 is 24.0 Å². The standard InChI is InChI=1S/C7H9ClN2.ClH/c8-7-4-2-1-3-6(7)5-10-9;/h1-4,10H,5,9H2;1H. The molecule has 0 bridgehead atoms. The summed E-state index contributed by atoms with van der Waals surface area (Å²) in [5, 5.41) is 0.750. The summed E-state index contributed by atoms with van der Waals surface area (Å²) < 4.78 is 0. The van der Waals surface area contributed by atoms with Crippen LogP contribution in [0.3, 0.4) is 0 Å². The molecule has 1 aromatic carbocycles. The number of benzene rings is 1. The zero-order valence-corrected chi connectivity index (χ0v) is 7.45. The number of rotatable bonds is 2. The van der Waals surface area contributed by atoms with Crippen molar-refractivity contribution in [3.8, 4) is 0 Å². The van der Waals surface area contributed by atoms with Gasteiger partial charge in [0.05, 0.1) is 0 Å². The Morgan fingerprint density at radius 3 is 2.55 bits per heavy atom. The number of nitrogens with two attached hydrogens (primary N) is 1. The third kappa shape index (κ3) is 3.08. The number of nitrogens with one attached hydrogen (secondary N) is 1. The Balaban J connectivity index is 0.000001000. The Labute approximate surface area is 77.1 Å². The van der Waals surface area contributed by atoms with Crippen LogP contribution in [0.4, 0.5) is 0 Å². The van der Waals surface area contributed by atoms with E-state index in [0.717, 1.165) is 10.6 Å². The van der Waals surface area contributed by atoms with Crippen molar-refractivity contribution in [3.05, 3.63) is 34.9 Å². The number of hydrazine groups is 1. The van der Waals surface area contributed by atoms with E-state index in [9.17, 15) is 0 Å². The first-order valence-corrected chi connectivity index (χ1v) is 3.39. The van der Waals surface area contributed by atoms with Crippen LogP contribution in [0.25, 0.3) is 0 Å². The summed E-state index contributed by atoms with van der Waals surface area (Å²) in [6, 6.07) is 7.59. The molecule has 1 aromatic rings. The smallest absolute Gasteiger partial charge is 0.0451 e. The Morgan fingerprint density at radius 1 is 1.36 bits per heavy atom. The first-order chi connectivity index (χ1) is 4.84. The second-order valence-electron chi connectivity index (χ2n) is 1.97. The van der Waals surface area contributed by atoms with Crippen molar-refractivity contribution < 1.29 is 0 Å². The van der Waals surface area contributed by atoms with Crippen LogP contribution in [0, 0.1) is 0 Å². The van der Waals surface area contributed by atoms with Crippen molar-refractivity contribution in [2.24, 2.45) is 5.84 Å². The largest absolute Gasteiger partial charge is 0.271 e. The van der Waals surface area contributed by atoms with Gasteiger partial charge in [0.15, 0.2) is 0 Å². The minimum atomic E-state index is 0. The number of halogens is 2. The van der Waals surface area contributed by atoms with Crippen LogP contribution in [-0.4, -0.2) is 0 Å². The average molecular weight is 193 g/mol. The van der Waals surface area contributed by atoms with Gasteiger partial charge in [0.25, 0.3) is 0 Å². The van der Waals surface area contributed by atoms with E-state index < -0.39 is 0 Å². The SMILES string of the molecule is Cl.NNCc1ccccc1Cl. The number of hydrogen-bond donors (Lipinski definition) is 2. The topological polar surface area (TPSA) is 38.0 Å². The monoisotopic (exact) mass is 192 g/mol. The third-order valence-corrected chi connectivity index (χ3v) is 1.62. The molecule has 0 aliphatic carbocycles. The highest BCUT2D eigenvalue weighted by atomic mass is 35.5. The fourth-order valence-electron chi connectivity index (χ4n) is 0.752. The molecular weight excluding hydrogens is 183 g/mol. The summed E-state index contributed by atoms with van der Waals surface area (Å²) in [6.45, 7) is 0.611. The molecule has 0 saturated heterocycles. The molecule has 3 N–H and O–H groups in total. The molecule has 0 aromatic heterocycles. The van der Waals surface area contributed by atoms with E-state index in [1.54, 1.807) is 0 Å². The van der Waals surface area contributed by atoms with E-state index in [4.69, 9.17) is 17.4 Å². The predicted molar refractivity (Wildman–Crippen MR) is 49.7 cm³/mol. The quantitative estimate of drug-likeness (QED) is 0.554. The maximum Gasteiger partial charge on any atom is 0.0451 e. The second kappa shape index (κ2) is 5.38. The fourth-order valence-corrected chi connectivity index (χ4v) is 0.954. The third-order valence-electron chi connectivity index (χ3n) is 1.25. The molecule has 2 nitrogen and oxygen atoms in total. The normalized spacial score (nSPS) is 8.91. The lowest BCUT2D eigenvalue weighted by atomic mass is 10.2. The van der Waals surface area contributed by atoms with Gasteiger partial charge >= 0.3 is 0 Å². The number of hydrogen-bond acceptors (Lipinski definition) is 2. The van der Waals surface area contributed by atoms with Gasteiger partial charge in [-0.25, -0.2) is 0 Å².